The molecule has 2 atom stereocenters. The van der Waals surface area contributed by atoms with E-state index >= 15 is 0 Å². The molecule has 1 aromatic rings. The summed E-state index contributed by atoms with van der Waals surface area (Å²) in [6.07, 6.45) is 5.08. The Morgan fingerprint density at radius 3 is 2.45 bits per heavy atom. The summed E-state index contributed by atoms with van der Waals surface area (Å²) in [4.78, 5) is 44.6. The summed E-state index contributed by atoms with van der Waals surface area (Å²) in [5.74, 6) is 0.292. The second kappa shape index (κ2) is 9.57. The van der Waals surface area contributed by atoms with Crippen molar-refractivity contribution in [1.29, 1.82) is 0 Å². The second-order valence-corrected chi connectivity index (χ2v) is 8.48. The van der Waals surface area contributed by atoms with Crippen LogP contribution in [0.15, 0.2) is 18.3 Å². The predicted molar refractivity (Wildman–Crippen MR) is 110 cm³/mol. The van der Waals surface area contributed by atoms with Gasteiger partial charge in [0.05, 0.1) is 0 Å². The van der Waals surface area contributed by atoms with Crippen molar-refractivity contribution in [2.75, 3.05) is 26.2 Å². The Labute approximate surface area is 176 Å². The molecule has 29 heavy (non-hydrogen) atoms. The predicted octanol–water partition coefficient (Wildman–Crippen LogP) is 2.34. The molecule has 3 amide bonds. The number of hydrogen-bond acceptors (Lipinski definition) is 4. The first-order chi connectivity index (χ1) is 13.9. The third-order valence-corrected chi connectivity index (χ3v) is 6.57. The first-order valence-electron chi connectivity index (χ1n) is 10.4. The van der Waals surface area contributed by atoms with E-state index in [2.05, 4.69) is 11.9 Å². The van der Waals surface area contributed by atoms with Crippen LogP contribution in [0.1, 0.15) is 49.4 Å². The molecule has 2 aliphatic rings. The van der Waals surface area contributed by atoms with Gasteiger partial charge in [0, 0.05) is 50.3 Å². The molecule has 0 aliphatic carbocycles. The van der Waals surface area contributed by atoms with Crippen molar-refractivity contribution < 1.29 is 14.4 Å². The molecular formula is C21H29ClN4O3. The maximum atomic E-state index is 12.8. The van der Waals surface area contributed by atoms with E-state index in [4.69, 9.17) is 17.3 Å². The zero-order valence-electron chi connectivity index (χ0n) is 16.8. The third kappa shape index (κ3) is 5.26. The van der Waals surface area contributed by atoms with Crippen LogP contribution in [0.4, 0.5) is 0 Å². The van der Waals surface area contributed by atoms with Crippen LogP contribution in [0.5, 0.6) is 0 Å². The zero-order chi connectivity index (χ0) is 21.0. The van der Waals surface area contributed by atoms with E-state index < -0.39 is 0 Å². The lowest BCUT2D eigenvalue weighted by atomic mass is 9.81. The van der Waals surface area contributed by atoms with Crippen LogP contribution >= 0.6 is 11.6 Å². The van der Waals surface area contributed by atoms with Crippen LogP contribution in [0.2, 0.25) is 5.15 Å². The van der Waals surface area contributed by atoms with Gasteiger partial charge in [-0.25, -0.2) is 4.98 Å². The highest BCUT2D eigenvalue weighted by Crippen LogP contribution is 2.31. The highest BCUT2D eigenvalue weighted by molar-refractivity contribution is 6.29. The van der Waals surface area contributed by atoms with Gasteiger partial charge in [-0.3, -0.25) is 14.4 Å². The van der Waals surface area contributed by atoms with E-state index in [1.165, 1.54) is 0 Å². The van der Waals surface area contributed by atoms with Gasteiger partial charge >= 0.3 is 0 Å². The monoisotopic (exact) mass is 420 g/mol. The lowest BCUT2D eigenvalue weighted by molar-refractivity contribution is -0.136. The van der Waals surface area contributed by atoms with E-state index in [0.29, 0.717) is 56.2 Å². The van der Waals surface area contributed by atoms with Crippen molar-refractivity contribution in [3.63, 3.8) is 0 Å². The topological polar surface area (TPSA) is 96.6 Å². The molecule has 2 fully saturated rings. The summed E-state index contributed by atoms with van der Waals surface area (Å²) in [5, 5.41) is 0.309. The van der Waals surface area contributed by atoms with Crippen LogP contribution in [0, 0.1) is 17.8 Å². The van der Waals surface area contributed by atoms with Gasteiger partial charge in [0.25, 0.3) is 5.91 Å². The molecule has 0 radical (unpaired) electrons. The smallest absolute Gasteiger partial charge is 0.254 e. The molecule has 0 saturated carbocycles. The Hall–Kier alpha value is -2.15. The Morgan fingerprint density at radius 1 is 1.14 bits per heavy atom. The molecule has 3 rings (SSSR count). The van der Waals surface area contributed by atoms with Gasteiger partial charge in [-0.05, 0) is 43.2 Å². The van der Waals surface area contributed by atoms with Crippen molar-refractivity contribution in [1.82, 2.24) is 14.8 Å². The third-order valence-electron chi connectivity index (χ3n) is 6.36. The lowest BCUT2D eigenvalue weighted by Crippen LogP contribution is -2.46. The van der Waals surface area contributed by atoms with Crippen LogP contribution in [-0.4, -0.2) is 58.7 Å². The van der Waals surface area contributed by atoms with Crippen molar-refractivity contribution in [2.24, 2.45) is 23.5 Å². The fraction of sp³-hybridized carbons (Fsp3) is 0.619. The van der Waals surface area contributed by atoms with Crippen LogP contribution in [-0.2, 0) is 9.59 Å². The maximum absolute atomic E-state index is 12.8. The average Bonchev–Trinajstić information content (AvgIpc) is 2.73. The zero-order valence-corrected chi connectivity index (χ0v) is 17.6. The number of nitrogens with zero attached hydrogens (tertiary/aromatic N) is 3. The summed E-state index contributed by atoms with van der Waals surface area (Å²) in [5.41, 5.74) is 5.92. The van der Waals surface area contributed by atoms with E-state index in [-0.39, 0.29) is 35.5 Å². The summed E-state index contributed by atoms with van der Waals surface area (Å²) in [6.45, 7) is 4.60. The SMILES string of the molecule is CC[C@H]1CN(C(=O)c2ccnc(Cl)c2)CC[C@H]1CC(=O)N1CCC(C(N)=O)CC1. The van der Waals surface area contributed by atoms with Gasteiger partial charge in [-0.15, -0.1) is 0 Å². The fourth-order valence-electron chi connectivity index (χ4n) is 4.48. The highest BCUT2D eigenvalue weighted by atomic mass is 35.5. The number of nitrogens with two attached hydrogens (primary N) is 1. The van der Waals surface area contributed by atoms with Gasteiger partial charge in [-0.1, -0.05) is 24.9 Å². The highest BCUT2D eigenvalue weighted by Gasteiger charge is 2.34. The summed E-state index contributed by atoms with van der Waals surface area (Å²) >= 11 is 5.91. The van der Waals surface area contributed by atoms with Gasteiger partial charge < -0.3 is 15.5 Å². The molecular weight excluding hydrogens is 392 g/mol. The maximum Gasteiger partial charge on any atom is 0.254 e. The number of carbonyl (C=O) groups excluding carboxylic acids is 3. The number of carbonyl (C=O) groups is 3. The quantitative estimate of drug-likeness (QED) is 0.739. The number of hydrogen-bond donors (Lipinski definition) is 1. The molecule has 0 unspecified atom stereocenters. The van der Waals surface area contributed by atoms with Crippen molar-refractivity contribution in [3.05, 3.63) is 29.0 Å². The number of aromatic nitrogens is 1. The average molecular weight is 421 g/mol. The normalized spacial score (nSPS) is 23.1. The van der Waals surface area contributed by atoms with E-state index in [0.717, 1.165) is 12.8 Å². The minimum atomic E-state index is -0.268. The standard InChI is InChI=1S/C21H29ClN4O3/c1-2-14-13-26(21(29)17-3-7-24-18(22)11-17)10-6-16(14)12-19(27)25-8-4-15(5-9-25)20(23)28/h3,7,11,14-16H,2,4-6,8-10,12-13H2,1H3,(H2,23,28)/t14-,16-/m0/s1. The van der Waals surface area contributed by atoms with Crippen LogP contribution < -0.4 is 5.73 Å². The molecule has 3 heterocycles. The molecule has 1 aromatic heterocycles. The summed E-state index contributed by atoms with van der Waals surface area (Å²) in [7, 11) is 0. The number of halogens is 1. The molecule has 0 aromatic carbocycles. The number of pyridine rings is 1. The number of rotatable bonds is 5. The van der Waals surface area contributed by atoms with Gasteiger partial charge in [0.15, 0.2) is 0 Å². The van der Waals surface area contributed by atoms with Crippen LogP contribution in [0.3, 0.4) is 0 Å². The number of piperidine rings is 2. The molecule has 158 valence electrons. The first kappa shape index (κ1) is 21.6. The Morgan fingerprint density at radius 2 is 1.83 bits per heavy atom. The Balaban J connectivity index is 1.55. The summed E-state index contributed by atoms with van der Waals surface area (Å²) < 4.78 is 0. The molecule has 2 N–H and O–H groups in total. The van der Waals surface area contributed by atoms with E-state index in [1.807, 2.05) is 9.80 Å². The minimum absolute atomic E-state index is 0.0361. The molecule has 0 bridgehead atoms. The van der Waals surface area contributed by atoms with E-state index in [1.54, 1.807) is 18.3 Å². The molecule has 7 nitrogen and oxygen atoms in total. The largest absolute Gasteiger partial charge is 0.369 e. The Bertz CT molecular complexity index is 764. The summed E-state index contributed by atoms with van der Waals surface area (Å²) in [6, 6.07) is 3.27. The number of primary amides is 1. The molecule has 2 aliphatic heterocycles. The first-order valence-corrected chi connectivity index (χ1v) is 10.7. The number of likely N-dealkylation sites (tertiary alicyclic amines) is 2. The molecule has 8 heteroatoms. The minimum Gasteiger partial charge on any atom is -0.369 e. The van der Waals surface area contributed by atoms with Gasteiger partial charge in [0.1, 0.15) is 5.15 Å². The van der Waals surface area contributed by atoms with Crippen LogP contribution in [0.25, 0.3) is 0 Å². The van der Waals surface area contributed by atoms with E-state index in [9.17, 15) is 14.4 Å². The van der Waals surface area contributed by atoms with Gasteiger partial charge in [0.2, 0.25) is 11.8 Å². The van der Waals surface area contributed by atoms with Crippen molar-refractivity contribution in [2.45, 2.75) is 39.0 Å². The van der Waals surface area contributed by atoms with Gasteiger partial charge in [-0.2, -0.15) is 0 Å². The van der Waals surface area contributed by atoms with Crippen molar-refractivity contribution >= 4 is 29.3 Å². The fourth-order valence-corrected chi connectivity index (χ4v) is 4.66. The lowest BCUT2D eigenvalue weighted by Gasteiger charge is -2.39. The number of amides is 3. The molecule has 2 saturated heterocycles. The Kier molecular flexibility index (Phi) is 7.11. The molecule has 0 spiro atoms. The second-order valence-electron chi connectivity index (χ2n) is 8.10. The van der Waals surface area contributed by atoms with Crippen molar-refractivity contribution in [3.8, 4) is 0 Å².